The lowest BCUT2D eigenvalue weighted by Gasteiger charge is -2.09. The first-order chi connectivity index (χ1) is 8.54. The number of amides is 4. The summed E-state index contributed by atoms with van der Waals surface area (Å²) in [6.45, 7) is 7.30. The second-order valence-corrected chi connectivity index (χ2v) is 4.14. The number of fused-ring (bicyclic) bond motifs is 1. The van der Waals surface area contributed by atoms with Gasteiger partial charge in [-0.05, 0) is 0 Å². The van der Waals surface area contributed by atoms with Crippen LogP contribution in [0.5, 0.6) is 0 Å². The molecule has 2 aliphatic heterocycles. The fourth-order valence-electron chi connectivity index (χ4n) is 2.37. The smallest absolute Gasteiger partial charge is 0.392 e. The number of hydrogen-bond donors (Lipinski definition) is 1. The zero-order chi connectivity index (χ0) is 13.4. The molecule has 0 aromatic rings. The van der Waals surface area contributed by atoms with Gasteiger partial charge in [0.05, 0.1) is 20.0 Å². The van der Waals surface area contributed by atoms with Crippen LogP contribution in [0, 0.1) is 0 Å². The fraction of sp³-hybridized carbons (Fsp3) is 0.600. The van der Waals surface area contributed by atoms with E-state index in [1.54, 1.807) is 0 Å². The zero-order valence-electron chi connectivity index (χ0n) is 10.2. The number of urea groups is 2. The minimum atomic E-state index is -0.551. The molecule has 1 N–H and O–H groups in total. The molecule has 0 aromatic carbocycles. The molecule has 2 aliphatic rings. The Morgan fingerprint density at radius 2 is 1.72 bits per heavy atom. The molecule has 0 aromatic heterocycles. The van der Waals surface area contributed by atoms with Crippen molar-refractivity contribution in [3.05, 3.63) is 0 Å². The second-order valence-electron chi connectivity index (χ2n) is 4.14. The van der Waals surface area contributed by atoms with Crippen molar-refractivity contribution >= 4 is 25.5 Å². The quantitative estimate of drug-likeness (QED) is 0.623. The topological polar surface area (TPSA) is 76.1 Å². The summed E-state index contributed by atoms with van der Waals surface area (Å²) in [5.74, 6) is 0. The largest absolute Gasteiger partial charge is 0.502 e. The van der Waals surface area contributed by atoms with Gasteiger partial charge in [0.2, 0.25) is 0 Å². The van der Waals surface area contributed by atoms with Crippen LogP contribution in [-0.2, 0) is 4.74 Å². The van der Waals surface area contributed by atoms with E-state index in [2.05, 4.69) is 13.4 Å². The first-order valence-corrected chi connectivity index (χ1v) is 5.45. The predicted molar refractivity (Wildman–Crippen MR) is 60.6 cm³/mol. The summed E-state index contributed by atoms with van der Waals surface area (Å²) in [6.07, 6.45) is -1.10. The maximum atomic E-state index is 12.0. The van der Waals surface area contributed by atoms with Crippen LogP contribution < -0.4 is 0 Å². The van der Waals surface area contributed by atoms with Crippen molar-refractivity contribution in [2.24, 2.45) is 0 Å². The third-order valence-corrected chi connectivity index (χ3v) is 3.14. The normalized spacial score (nSPS) is 27.4. The molecular weight excluding hydrogens is 240 g/mol. The average molecular weight is 256 g/mol. The van der Waals surface area contributed by atoms with E-state index >= 15 is 0 Å². The molecular formula is C10H16N4O4+2. The van der Waals surface area contributed by atoms with E-state index in [0.29, 0.717) is 0 Å². The Bertz CT molecular complexity index is 396. The number of carbonyl (C=O) groups is 2. The first kappa shape index (κ1) is 12.7. The molecule has 2 atom stereocenters. The van der Waals surface area contributed by atoms with Gasteiger partial charge in [0.25, 0.3) is 0 Å². The molecule has 0 spiro atoms. The number of ether oxygens (including phenoxy) is 1. The molecule has 8 heteroatoms. The molecule has 0 aliphatic carbocycles. The van der Waals surface area contributed by atoms with Crippen LogP contribution in [0.15, 0.2) is 0 Å². The number of carbonyl (C=O) groups excluding carboxylic acids is 2. The van der Waals surface area contributed by atoms with Crippen LogP contribution in [0.3, 0.4) is 0 Å². The lowest BCUT2D eigenvalue weighted by atomic mass is 10.4. The Hall–Kier alpha value is -1.80. The van der Waals surface area contributed by atoms with Gasteiger partial charge in [-0.15, -0.1) is 0 Å². The monoisotopic (exact) mass is 256 g/mol. The SMILES string of the molecule is C=[N+]1C(=O)N(COC)C2C1N(CCO)C(=O)[N+]2=C. The fourth-order valence-corrected chi connectivity index (χ4v) is 2.37. The van der Waals surface area contributed by atoms with E-state index in [1.807, 2.05) is 0 Å². The van der Waals surface area contributed by atoms with E-state index in [9.17, 15) is 9.59 Å². The summed E-state index contributed by atoms with van der Waals surface area (Å²) < 4.78 is 7.37. The number of aliphatic hydroxyl groups is 1. The number of methoxy groups -OCH3 is 1. The highest BCUT2D eigenvalue weighted by atomic mass is 16.5. The Balaban J connectivity index is 2.36. The lowest BCUT2D eigenvalue weighted by molar-refractivity contribution is -0.519. The molecule has 2 saturated heterocycles. The van der Waals surface area contributed by atoms with Gasteiger partial charge in [-0.3, -0.25) is 0 Å². The van der Waals surface area contributed by atoms with Gasteiger partial charge in [0, 0.05) is 7.11 Å². The first-order valence-electron chi connectivity index (χ1n) is 5.45. The van der Waals surface area contributed by atoms with Crippen molar-refractivity contribution in [1.29, 1.82) is 0 Å². The van der Waals surface area contributed by atoms with Crippen LogP contribution in [0.1, 0.15) is 0 Å². The molecule has 2 rings (SSSR count). The number of β-amino-alcohol motifs (C(OH)–C–C–N with tert-alkyl or cyclic N) is 1. The molecule has 0 bridgehead atoms. The number of hydrogen-bond acceptors (Lipinski definition) is 4. The third-order valence-electron chi connectivity index (χ3n) is 3.14. The van der Waals surface area contributed by atoms with Gasteiger partial charge < -0.3 is 9.84 Å². The number of aliphatic hydroxyl groups excluding tert-OH is 1. The minimum absolute atomic E-state index is 0.0539. The lowest BCUT2D eigenvalue weighted by Crippen LogP contribution is -2.43. The van der Waals surface area contributed by atoms with Gasteiger partial charge in [0.15, 0.2) is 6.73 Å². The van der Waals surface area contributed by atoms with Gasteiger partial charge in [-0.2, -0.15) is 28.5 Å². The summed E-state index contributed by atoms with van der Waals surface area (Å²) in [7, 11) is 1.46. The van der Waals surface area contributed by atoms with Crippen molar-refractivity contribution < 1.29 is 28.6 Å². The molecule has 4 amide bonds. The van der Waals surface area contributed by atoms with E-state index in [1.165, 1.54) is 26.1 Å². The maximum absolute atomic E-state index is 12.0. The highest BCUT2D eigenvalue weighted by Gasteiger charge is 2.68. The summed E-state index contributed by atoms with van der Waals surface area (Å²) >= 11 is 0. The van der Waals surface area contributed by atoms with Crippen LogP contribution in [0.4, 0.5) is 9.59 Å². The summed E-state index contributed by atoms with van der Waals surface area (Å²) in [5, 5.41) is 8.98. The highest BCUT2D eigenvalue weighted by molar-refractivity contribution is 5.75. The van der Waals surface area contributed by atoms with Crippen molar-refractivity contribution in [3.8, 4) is 0 Å². The number of rotatable bonds is 4. The Morgan fingerprint density at radius 3 is 2.22 bits per heavy atom. The molecule has 0 radical (unpaired) electrons. The predicted octanol–water partition coefficient (Wildman–Crippen LogP) is -1.47. The second kappa shape index (κ2) is 4.46. The summed E-state index contributed by atoms with van der Waals surface area (Å²) in [4.78, 5) is 26.7. The number of nitrogens with zero attached hydrogens (tertiary/aromatic N) is 4. The van der Waals surface area contributed by atoms with Crippen molar-refractivity contribution in [2.75, 3.05) is 27.0 Å². The molecule has 2 heterocycles. The van der Waals surface area contributed by atoms with Crippen LogP contribution in [0.2, 0.25) is 0 Å². The van der Waals surface area contributed by atoms with Gasteiger partial charge in [-0.25, -0.2) is 0 Å². The highest BCUT2D eigenvalue weighted by Crippen LogP contribution is 2.28. The summed E-state index contributed by atoms with van der Waals surface area (Å²) in [6, 6.07) is -0.683. The van der Waals surface area contributed by atoms with Crippen molar-refractivity contribution in [3.63, 3.8) is 0 Å². The van der Waals surface area contributed by atoms with Crippen molar-refractivity contribution in [2.45, 2.75) is 12.3 Å². The molecule has 0 saturated carbocycles. The van der Waals surface area contributed by atoms with Gasteiger partial charge in [-0.1, -0.05) is 0 Å². The Morgan fingerprint density at radius 1 is 1.22 bits per heavy atom. The summed E-state index contributed by atoms with van der Waals surface area (Å²) in [5.41, 5.74) is 0. The van der Waals surface area contributed by atoms with Crippen LogP contribution in [-0.4, -0.2) is 88.9 Å². The van der Waals surface area contributed by atoms with Gasteiger partial charge >= 0.3 is 24.4 Å². The molecule has 8 nitrogen and oxygen atoms in total. The molecule has 2 fully saturated rings. The third kappa shape index (κ3) is 1.53. The van der Waals surface area contributed by atoms with Crippen LogP contribution >= 0.6 is 0 Å². The maximum Gasteiger partial charge on any atom is 0.502 e. The average Bonchev–Trinajstić information content (AvgIpc) is 2.73. The Kier molecular flexibility index (Phi) is 3.14. The zero-order valence-corrected chi connectivity index (χ0v) is 10.2. The molecule has 18 heavy (non-hydrogen) atoms. The van der Waals surface area contributed by atoms with Crippen molar-refractivity contribution in [1.82, 2.24) is 9.80 Å². The minimum Gasteiger partial charge on any atom is -0.392 e. The molecule has 98 valence electrons. The van der Waals surface area contributed by atoms with Gasteiger partial charge in [0.1, 0.15) is 6.54 Å². The van der Waals surface area contributed by atoms with Crippen LogP contribution in [0.25, 0.3) is 0 Å². The Labute approximate surface area is 104 Å². The van der Waals surface area contributed by atoms with E-state index < -0.39 is 12.3 Å². The van der Waals surface area contributed by atoms with E-state index in [0.717, 1.165) is 0 Å². The van der Waals surface area contributed by atoms with E-state index in [-0.39, 0.29) is 31.9 Å². The molecule has 2 unspecified atom stereocenters. The standard InChI is InChI=1S/C10H16N4O4/c1-11-7-8(14(6-18-3)10(11)17)12(2)9(16)13(7)4-5-15/h7-8,15H,1-2,4-6H2,3H3/q+2. The van der Waals surface area contributed by atoms with E-state index in [4.69, 9.17) is 9.84 Å².